The summed E-state index contributed by atoms with van der Waals surface area (Å²) in [6, 6.07) is 12.3. The minimum absolute atomic E-state index is 0.0150. The summed E-state index contributed by atoms with van der Waals surface area (Å²) >= 11 is 6.11. The van der Waals surface area contributed by atoms with Gasteiger partial charge in [0.2, 0.25) is 0 Å². The number of benzene rings is 1. The van der Waals surface area contributed by atoms with E-state index in [2.05, 4.69) is 10.3 Å². The van der Waals surface area contributed by atoms with Crippen molar-refractivity contribution in [3.8, 4) is 0 Å². The summed E-state index contributed by atoms with van der Waals surface area (Å²) < 4.78 is 0. The van der Waals surface area contributed by atoms with Crippen molar-refractivity contribution >= 4 is 17.6 Å². The number of amides is 2. The highest BCUT2D eigenvalue weighted by Gasteiger charge is 2.30. The van der Waals surface area contributed by atoms with Crippen molar-refractivity contribution in [2.24, 2.45) is 0 Å². The van der Waals surface area contributed by atoms with E-state index in [4.69, 9.17) is 11.6 Å². The Morgan fingerprint density at radius 3 is 2.96 bits per heavy atom. The lowest BCUT2D eigenvalue weighted by Gasteiger charge is -2.27. The van der Waals surface area contributed by atoms with Gasteiger partial charge in [0.15, 0.2) is 0 Å². The molecule has 1 fully saturated rings. The molecule has 1 unspecified atom stereocenters. The van der Waals surface area contributed by atoms with E-state index in [0.717, 1.165) is 24.1 Å². The molecule has 6 heteroatoms. The zero-order valence-electron chi connectivity index (χ0n) is 13.2. The quantitative estimate of drug-likeness (QED) is 0.895. The lowest BCUT2D eigenvalue weighted by Crippen LogP contribution is -2.45. The van der Waals surface area contributed by atoms with Gasteiger partial charge in [0.25, 0.3) is 0 Å². The first kappa shape index (κ1) is 16.7. The third kappa shape index (κ3) is 3.68. The Kier molecular flexibility index (Phi) is 5.33. The van der Waals surface area contributed by atoms with Crippen LogP contribution in [0.15, 0.2) is 48.7 Å². The Morgan fingerprint density at radius 1 is 1.38 bits per heavy atom. The first-order valence-corrected chi connectivity index (χ1v) is 8.41. The maximum Gasteiger partial charge on any atom is 0.318 e. The molecule has 1 aromatic heterocycles. The monoisotopic (exact) mass is 345 g/mol. The standard InChI is InChI=1S/C18H20ClN3O2/c19-14-6-3-5-13(11-14)17(16-8-1-2-9-20-16)21-18(24)22-10-4-7-15(22)12-23/h1-3,5-6,8-9,11,15,17,23H,4,7,10,12H2,(H,21,24)/t15-,17?/m1/s1. The number of nitrogens with zero attached hydrogens (tertiary/aromatic N) is 2. The Labute approximate surface area is 146 Å². The number of hydrogen-bond donors (Lipinski definition) is 2. The van der Waals surface area contributed by atoms with Gasteiger partial charge in [-0.1, -0.05) is 29.8 Å². The summed E-state index contributed by atoms with van der Waals surface area (Å²) in [5.41, 5.74) is 1.61. The molecule has 0 bridgehead atoms. The SMILES string of the molecule is O=C(NC(c1cccc(Cl)c1)c1ccccn1)N1CCC[C@@H]1CO. The zero-order chi connectivity index (χ0) is 16.9. The second-order valence-corrected chi connectivity index (χ2v) is 6.30. The molecule has 0 saturated carbocycles. The molecule has 0 aliphatic carbocycles. The molecule has 1 aliphatic heterocycles. The van der Waals surface area contributed by atoms with Gasteiger partial charge in [-0.15, -0.1) is 0 Å². The lowest BCUT2D eigenvalue weighted by molar-refractivity contribution is 0.155. The van der Waals surface area contributed by atoms with E-state index in [1.165, 1.54) is 0 Å². The van der Waals surface area contributed by atoms with Crippen LogP contribution in [0.5, 0.6) is 0 Å². The van der Waals surface area contributed by atoms with Gasteiger partial charge in [0, 0.05) is 17.8 Å². The first-order valence-electron chi connectivity index (χ1n) is 8.03. The number of aromatic nitrogens is 1. The summed E-state index contributed by atoms with van der Waals surface area (Å²) in [6.45, 7) is 0.639. The molecular weight excluding hydrogens is 326 g/mol. The van der Waals surface area contributed by atoms with E-state index in [-0.39, 0.29) is 18.7 Å². The third-order valence-corrected chi connectivity index (χ3v) is 4.52. The van der Waals surface area contributed by atoms with E-state index in [1.807, 2.05) is 36.4 Å². The smallest absolute Gasteiger partial charge is 0.318 e. The average molecular weight is 346 g/mol. The van der Waals surface area contributed by atoms with E-state index < -0.39 is 6.04 Å². The average Bonchev–Trinajstić information content (AvgIpc) is 3.09. The van der Waals surface area contributed by atoms with Crippen molar-refractivity contribution in [2.75, 3.05) is 13.2 Å². The fraction of sp³-hybridized carbons (Fsp3) is 0.333. The van der Waals surface area contributed by atoms with Crippen LogP contribution in [-0.4, -0.2) is 40.2 Å². The number of likely N-dealkylation sites (tertiary alicyclic amines) is 1. The number of halogens is 1. The molecule has 0 spiro atoms. The number of nitrogens with one attached hydrogen (secondary N) is 1. The van der Waals surface area contributed by atoms with Crippen molar-refractivity contribution in [2.45, 2.75) is 24.9 Å². The lowest BCUT2D eigenvalue weighted by atomic mass is 10.0. The van der Waals surface area contributed by atoms with Crippen LogP contribution < -0.4 is 5.32 Å². The molecular formula is C18H20ClN3O2. The Bertz CT molecular complexity index is 696. The van der Waals surface area contributed by atoms with Gasteiger partial charge in [-0.05, 0) is 42.7 Å². The molecule has 2 heterocycles. The van der Waals surface area contributed by atoms with Crippen LogP contribution in [0, 0.1) is 0 Å². The van der Waals surface area contributed by atoms with E-state index in [0.29, 0.717) is 11.6 Å². The van der Waals surface area contributed by atoms with Crippen molar-refractivity contribution in [1.29, 1.82) is 0 Å². The highest BCUT2D eigenvalue weighted by molar-refractivity contribution is 6.30. The molecule has 1 aromatic carbocycles. The second-order valence-electron chi connectivity index (χ2n) is 5.86. The normalized spacial score (nSPS) is 18.4. The van der Waals surface area contributed by atoms with Crippen LogP contribution in [0.25, 0.3) is 0 Å². The van der Waals surface area contributed by atoms with E-state index in [9.17, 15) is 9.90 Å². The van der Waals surface area contributed by atoms with Crippen molar-refractivity contribution < 1.29 is 9.90 Å². The minimum atomic E-state index is -0.391. The van der Waals surface area contributed by atoms with Gasteiger partial charge < -0.3 is 15.3 Å². The summed E-state index contributed by atoms with van der Waals surface area (Å²) in [6.07, 6.45) is 3.44. The predicted octanol–water partition coefficient (Wildman–Crippen LogP) is 2.99. The Hall–Kier alpha value is -2.11. The van der Waals surface area contributed by atoms with Gasteiger partial charge in [-0.2, -0.15) is 0 Å². The number of carbonyl (C=O) groups excluding carboxylic acids is 1. The van der Waals surface area contributed by atoms with Crippen LogP contribution in [0.3, 0.4) is 0 Å². The molecule has 5 nitrogen and oxygen atoms in total. The van der Waals surface area contributed by atoms with Gasteiger partial charge in [0.05, 0.1) is 24.4 Å². The molecule has 2 aromatic rings. The van der Waals surface area contributed by atoms with Crippen LogP contribution in [0.1, 0.15) is 30.1 Å². The highest BCUT2D eigenvalue weighted by atomic mass is 35.5. The predicted molar refractivity (Wildman–Crippen MR) is 92.9 cm³/mol. The van der Waals surface area contributed by atoms with Gasteiger partial charge in [-0.25, -0.2) is 4.79 Å². The summed E-state index contributed by atoms with van der Waals surface area (Å²) in [5, 5.41) is 13.1. The van der Waals surface area contributed by atoms with Crippen molar-refractivity contribution in [3.05, 3.63) is 64.9 Å². The largest absolute Gasteiger partial charge is 0.394 e. The van der Waals surface area contributed by atoms with Crippen LogP contribution in [-0.2, 0) is 0 Å². The topological polar surface area (TPSA) is 65.5 Å². The molecule has 1 aliphatic rings. The Morgan fingerprint density at radius 2 is 2.25 bits per heavy atom. The number of aliphatic hydroxyl groups is 1. The minimum Gasteiger partial charge on any atom is -0.394 e. The third-order valence-electron chi connectivity index (χ3n) is 4.28. The van der Waals surface area contributed by atoms with Crippen LogP contribution >= 0.6 is 11.6 Å². The Balaban J connectivity index is 1.87. The maximum absolute atomic E-state index is 12.7. The number of pyridine rings is 1. The zero-order valence-corrected chi connectivity index (χ0v) is 14.0. The molecule has 2 atom stereocenters. The summed E-state index contributed by atoms with van der Waals surface area (Å²) in [7, 11) is 0. The fourth-order valence-corrected chi connectivity index (χ4v) is 3.26. The molecule has 126 valence electrons. The number of rotatable bonds is 4. The number of hydrogen-bond acceptors (Lipinski definition) is 3. The van der Waals surface area contributed by atoms with Gasteiger partial charge in [0.1, 0.15) is 0 Å². The number of carbonyl (C=O) groups is 1. The molecule has 24 heavy (non-hydrogen) atoms. The number of aliphatic hydroxyl groups excluding tert-OH is 1. The van der Waals surface area contributed by atoms with E-state index >= 15 is 0 Å². The molecule has 0 radical (unpaired) electrons. The maximum atomic E-state index is 12.7. The summed E-state index contributed by atoms with van der Waals surface area (Å²) in [4.78, 5) is 18.8. The number of urea groups is 1. The molecule has 2 N–H and O–H groups in total. The molecule has 2 amide bonds. The van der Waals surface area contributed by atoms with Gasteiger partial charge >= 0.3 is 6.03 Å². The van der Waals surface area contributed by atoms with Crippen LogP contribution in [0.4, 0.5) is 4.79 Å². The second kappa shape index (κ2) is 7.64. The summed E-state index contributed by atoms with van der Waals surface area (Å²) in [5.74, 6) is 0. The highest BCUT2D eigenvalue weighted by Crippen LogP contribution is 2.24. The van der Waals surface area contributed by atoms with Crippen molar-refractivity contribution in [3.63, 3.8) is 0 Å². The van der Waals surface area contributed by atoms with Crippen LogP contribution in [0.2, 0.25) is 5.02 Å². The molecule has 3 rings (SSSR count). The molecule has 1 saturated heterocycles. The van der Waals surface area contributed by atoms with Crippen molar-refractivity contribution in [1.82, 2.24) is 15.2 Å². The van der Waals surface area contributed by atoms with E-state index in [1.54, 1.807) is 17.2 Å². The fourth-order valence-electron chi connectivity index (χ4n) is 3.06. The first-order chi connectivity index (χ1) is 11.7. The van der Waals surface area contributed by atoms with Gasteiger partial charge in [-0.3, -0.25) is 4.98 Å².